The number of esters is 1. The van der Waals surface area contributed by atoms with E-state index in [-0.39, 0.29) is 25.0 Å². The Morgan fingerprint density at radius 3 is 2.19 bits per heavy atom. The predicted octanol–water partition coefficient (Wildman–Crippen LogP) is 0.410. The van der Waals surface area contributed by atoms with Crippen LogP contribution in [0.3, 0.4) is 0 Å². The summed E-state index contributed by atoms with van der Waals surface area (Å²) in [5, 5.41) is 8.35. The van der Waals surface area contributed by atoms with E-state index in [9.17, 15) is 19.2 Å². The average molecular weight is 293 g/mol. The molecule has 112 valence electrons. The minimum atomic E-state index is -1.26. The van der Waals surface area contributed by atoms with Gasteiger partial charge in [0.2, 0.25) is 0 Å². The van der Waals surface area contributed by atoms with E-state index in [1.54, 1.807) is 0 Å². The number of amides is 2. The first-order valence-electron chi connectivity index (χ1n) is 6.66. The van der Waals surface area contributed by atoms with Crippen molar-refractivity contribution in [3.8, 4) is 0 Å². The summed E-state index contributed by atoms with van der Waals surface area (Å²) in [6.07, 6.45) is 4.49. The molecule has 2 aliphatic rings. The molecule has 0 fully saturated rings. The summed E-state index contributed by atoms with van der Waals surface area (Å²) in [7, 11) is 0. The molecule has 7 heteroatoms. The van der Waals surface area contributed by atoms with Crippen LogP contribution in [-0.2, 0) is 23.9 Å². The molecule has 21 heavy (non-hydrogen) atoms. The van der Waals surface area contributed by atoms with Crippen molar-refractivity contribution < 1.29 is 29.0 Å². The second-order valence-corrected chi connectivity index (χ2v) is 4.77. The molecule has 0 saturated carbocycles. The zero-order valence-corrected chi connectivity index (χ0v) is 11.3. The zero-order chi connectivity index (χ0) is 15.4. The molecule has 0 aromatic heterocycles. The highest BCUT2D eigenvalue weighted by Gasteiger charge is 2.38. The van der Waals surface area contributed by atoms with E-state index in [1.165, 1.54) is 0 Å². The van der Waals surface area contributed by atoms with Crippen LogP contribution < -0.4 is 0 Å². The molecular weight excluding hydrogens is 278 g/mol. The number of rotatable bonds is 5. The van der Waals surface area contributed by atoms with Crippen molar-refractivity contribution in [3.05, 3.63) is 23.3 Å². The van der Waals surface area contributed by atoms with Gasteiger partial charge in [0.05, 0.1) is 6.54 Å². The number of aliphatic carboxylic acids is 1. The van der Waals surface area contributed by atoms with Crippen molar-refractivity contribution in [1.29, 1.82) is 0 Å². The smallest absolute Gasteiger partial charge is 0.331 e. The molecule has 2 amide bonds. The number of carbonyl (C=O) groups is 4. The lowest BCUT2D eigenvalue weighted by atomic mass is 9.93. The molecule has 0 saturated heterocycles. The largest absolute Gasteiger partial charge is 0.478 e. The highest BCUT2D eigenvalue weighted by Crippen LogP contribution is 2.32. The molecule has 0 radical (unpaired) electrons. The Balaban J connectivity index is 1.85. The Morgan fingerprint density at radius 1 is 1.10 bits per heavy atom. The molecule has 0 atom stereocenters. The summed E-state index contributed by atoms with van der Waals surface area (Å²) in [5.41, 5.74) is 1.17. The first kappa shape index (κ1) is 15.0. The summed E-state index contributed by atoms with van der Waals surface area (Å²) in [4.78, 5) is 46.6. The van der Waals surface area contributed by atoms with Crippen molar-refractivity contribution in [2.24, 2.45) is 0 Å². The number of carbonyl (C=O) groups excluding carboxylic acids is 3. The van der Waals surface area contributed by atoms with Gasteiger partial charge in [0.1, 0.15) is 6.61 Å². The van der Waals surface area contributed by atoms with Crippen LogP contribution in [0, 0.1) is 0 Å². The first-order valence-corrected chi connectivity index (χ1v) is 6.66. The second kappa shape index (κ2) is 6.34. The molecule has 7 nitrogen and oxygen atoms in total. The number of hydrogen-bond donors (Lipinski definition) is 1. The molecular formula is C14H15NO6. The number of carboxylic acids is 1. The number of nitrogens with zero attached hydrogens (tertiary/aromatic N) is 1. The van der Waals surface area contributed by atoms with Gasteiger partial charge in [-0.2, -0.15) is 0 Å². The molecule has 1 aliphatic heterocycles. The third-order valence-corrected chi connectivity index (χ3v) is 3.40. The van der Waals surface area contributed by atoms with Gasteiger partial charge in [-0.05, 0) is 25.7 Å². The van der Waals surface area contributed by atoms with Crippen molar-refractivity contribution in [2.75, 3.05) is 13.2 Å². The van der Waals surface area contributed by atoms with E-state index in [4.69, 9.17) is 9.84 Å². The van der Waals surface area contributed by atoms with Crippen LogP contribution in [-0.4, -0.2) is 46.9 Å². The van der Waals surface area contributed by atoms with E-state index in [2.05, 4.69) is 0 Å². The second-order valence-electron chi connectivity index (χ2n) is 4.77. The van der Waals surface area contributed by atoms with Gasteiger partial charge < -0.3 is 9.84 Å². The van der Waals surface area contributed by atoms with Crippen LogP contribution in [0.5, 0.6) is 0 Å². The normalized spacial score (nSPS) is 18.4. The van der Waals surface area contributed by atoms with Gasteiger partial charge in [-0.1, -0.05) is 0 Å². The fourth-order valence-electron chi connectivity index (χ4n) is 2.42. The zero-order valence-electron chi connectivity index (χ0n) is 11.3. The van der Waals surface area contributed by atoms with Crippen LogP contribution in [0.2, 0.25) is 0 Å². The lowest BCUT2D eigenvalue weighted by molar-refractivity contribution is -0.144. The highest BCUT2D eigenvalue weighted by molar-refractivity contribution is 6.19. The van der Waals surface area contributed by atoms with Crippen LogP contribution >= 0.6 is 0 Å². The molecule has 2 rings (SSSR count). The molecule has 1 heterocycles. The van der Waals surface area contributed by atoms with E-state index in [0.29, 0.717) is 30.1 Å². The van der Waals surface area contributed by atoms with Crippen LogP contribution in [0.25, 0.3) is 0 Å². The maximum absolute atomic E-state index is 12.1. The Bertz CT molecular complexity index is 532. The van der Waals surface area contributed by atoms with Crippen LogP contribution in [0.1, 0.15) is 25.7 Å². The summed E-state index contributed by atoms with van der Waals surface area (Å²) in [6, 6.07) is 0. The molecule has 0 aromatic carbocycles. The van der Waals surface area contributed by atoms with Crippen LogP contribution in [0.4, 0.5) is 0 Å². The first-order chi connectivity index (χ1) is 10.0. The van der Waals surface area contributed by atoms with E-state index in [0.717, 1.165) is 23.8 Å². The van der Waals surface area contributed by atoms with Gasteiger partial charge in [0.25, 0.3) is 11.8 Å². The van der Waals surface area contributed by atoms with Crippen molar-refractivity contribution in [1.82, 2.24) is 4.90 Å². The third kappa shape index (κ3) is 3.36. The van der Waals surface area contributed by atoms with Gasteiger partial charge in [-0.15, -0.1) is 0 Å². The lowest BCUT2D eigenvalue weighted by Gasteiger charge is -2.14. The fourth-order valence-corrected chi connectivity index (χ4v) is 2.42. The van der Waals surface area contributed by atoms with E-state index >= 15 is 0 Å². The monoisotopic (exact) mass is 293 g/mol. The van der Waals surface area contributed by atoms with Gasteiger partial charge >= 0.3 is 11.9 Å². The Morgan fingerprint density at radius 2 is 1.67 bits per heavy atom. The maximum atomic E-state index is 12.1. The number of ether oxygens (including phenoxy) is 1. The SMILES string of the molecule is O=C(O)/C=C\C(=O)OCCN1C(=O)C2=C(CCCC2)C1=O. The highest BCUT2D eigenvalue weighted by atomic mass is 16.5. The standard InChI is InChI=1S/C14H15NO6/c16-11(17)5-6-12(18)21-8-7-15-13(19)9-3-1-2-4-10(9)14(15)20/h5-6H,1-4,7-8H2,(H,16,17)/b6-5-. The summed E-state index contributed by atoms with van der Waals surface area (Å²) in [6.45, 7) is -0.169. The Kier molecular flexibility index (Phi) is 4.52. The summed E-state index contributed by atoms with van der Waals surface area (Å²) in [5.74, 6) is -2.68. The van der Waals surface area contributed by atoms with Crippen LogP contribution in [0.15, 0.2) is 23.3 Å². The Labute approximate surface area is 120 Å². The van der Waals surface area contributed by atoms with Gasteiger partial charge in [-0.3, -0.25) is 14.5 Å². The Hall–Kier alpha value is -2.44. The van der Waals surface area contributed by atoms with Crippen molar-refractivity contribution in [3.63, 3.8) is 0 Å². The van der Waals surface area contributed by atoms with Gasteiger partial charge in [0, 0.05) is 23.3 Å². The van der Waals surface area contributed by atoms with Gasteiger partial charge in [-0.25, -0.2) is 9.59 Å². The molecule has 1 aliphatic carbocycles. The number of imide groups is 1. The molecule has 1 N–H and O–H groups in total. The van der Waals surface area contributed by atoms with Crippen molar-refractivity contribution in [2.45, 2.75) is 25.7 Å². The topological polar surface area (TPSA) is 101 Å². The molecule has 0 unspecified atom stereocenters. The van der Waals surface area contributed by atoms with Gasteiger partial charge in [0.15, 0.2) is 0 Å². The van der Waals surface area contributed by atoms with E-state index < -0.39 is 11.9 Å². The summed E-state index contributed by atoms with van der Waals surface area (Å²) >= 11 is 0. The quantitative estimate of drug-likeness (QED) is 0.447. The minimum Gasteiger partial charge on any atom is -0.478 e. The summed E-state index contributed by atoms with van der Waals surface area (Å²) < 4.78 is 4.75. The number of hydrogen-bond acceptors (Lipinski definition) is 5. The average Bonchev–Trinajstić information content (AvgIpc) is 2.70. The molecule has 0 spiro atoms. The third-order valence-electron chi connectivity index (χ3n) is 3.40. The molecule has 0 bridgehead atoms. The molecule has 0 aromatic rings. The fraction of sp³-hybridized carbons (Fsp3) is 0.429. The lowest BCUT2D eigenvalue weighted by Crippen LogP contribution is -2.35. The van der Waals surface area contributed by atoms with Crippen molar-refractivity contribution >= 4 is 23.8 Å². The number of carboxylic acid groups (broad SMARTS) is 1. The maximum Gasteiger partial charge on any atom is 0.331 e. The predicted molar refractivity (Wildman–Crippen MR) is 69.9 cm³/mol. The minimum absolute atomic E-state index is 0.0165. The van der Waals surface area contributed by atoms with E-state index in [1.807, 2.05) is 0 Å².